The second-order valence-electron chi connectivity index (χ2n) is 10.1. The average molecular weight is 511 g/mol. The molecule has 1 heterocycles. The molecule has 1 saturated heterocycles. The number of carbonyl (C=O) groups excluding carboxylic acids is 1. The van der Waals surface area contributed by atoms with E-state index < -0.39 is 56.5 Å². The first-order chi connectivity index (χ1) is 16.3. The first-order valence-electron chi connectivity index (χ1n) is 11.6. The van der Waals surface area contributed by atoms with E-state index in [4.69, 9.17) is 4.74 Å². The zero-order valence-corrected chi connectivity index (χ0v) is 20.7. The maximum atomic E-state index is 15.6. The molecule has 35 heavy (non-hydrogen) atoms. The molecule has 2 aromatic rings. The molecule has 6 nitrogen and oxygen atoms in total. The number of rotatable bonds is 6. The predicted octanol–water partition coefficient (Wildman–Crippen LogP) is 4.77. The Morgan fingerprint density at radius 1 is 1.09 bits per heavy atom. The summed E-state index contributed by atoms with van der Waals surface area (Å²) in [6, 6.07) is 5.97. The van der Waals surface area contributed by atoms with E-state index >= 15 is 4.39 Å². The van der Waals surface area contributed by atoms with Crippen LogP contribution in [0.25, 0.3) is 11.1 Å². The second kappa shape index (κ2) is 9.46. The highest BCUT2D eigenvalue weighted by Crippen LogP contribution is 2.32. The van der Waals surface area contributed by atoms with E-state index in [2.05, 4.69) is 4.72 Å². The van der Waals surface area contributed by atoms with E-state index in [1.807, 2.05) is 0 Å². The molecular weight excluding hydrogens is 481 g/mol. The van der Waals surface area contributed by atoms with Crippen molar-refractivity contribution in [2.45, 2.75) is 69.4 Å². The number of ether oxygens (including phenoxy) is 1. The smallest absolute Gasteiger partial charge is 0.410 e. The summed E-state index contributed by atoms with van der Waals surface area (Å²) in [6.07, 6.45) is 0.910. The fourth-order valence-electron chi connectivity index (χ4n) is 4.37. The molecule has 0 spiro atoms. The molecule has 1 saturated carbocycles. The van der Waals surface area contributed by atoms with Gasteiger partial charge in [-0.25, -0.2) is 31.1 Å². The standard InChI is InChI=1S/C25H29F3N2O4S/c1-25(2,3)34-24(31)30-10-9-21(29-35(32,33)19-7-8-19)22(30)13-15-5-4-6-20(23(15)28)16-11-17(26)14-18(27)12-16/h4-6,11-12,14,19,21-22,29H,7-10,13H2,1-3H3/t21-,22-/m0/s1. The van der Waals surface area contributed by atoms with Crippen molar-refractivity contribution < 1.29 is 31.1 Å². The van der Waals surface area contributed by atoms with Gasteiger partial charge in [-0.3, -0.25) is 0 Å². The van der Waals surface area contributed by atoms with Crippen molar-refractivity contribution >= 4 is 16.1 Å². The average Bonchev–Trinajstić information content (AvgIpc) is 3.52. The van der Waals surface area contributed by atoms with Crippen LogP contribution in [0.2, 0.25) is 0 Å². The van der Waals surface area contributed by atoms with Gasteiger partial charge in [0.1, 0.15) is 23.1 Å². The first kappa shape index (κ1) is 25.5. The van der Waals surface area contributed by atoms with Gasteiger partial charge >= 0.3 is 6.09 Å². The SMILES string of the molecule is CC(C)(C)OC(=O)N1CC[C@H](NS(=O)(=O)C2CC2)[C@@H]1Cc1cccc(-c2cc(F)cc(F)c2)c1F. The number of likely N-dealkylation sites (tertiary alicyclic amines) is 1. The number of sulfonamides is 1. The summed E-state index contributed by atoms with van der Waals surface area (Å²) in [5.74, 6) is -2.34. The molecule has 1 aliphatic heterocycles. The van der Waals surface area contributed by atoms with Crippen molar-refractivity contribution in [3.05, 3.63) is 59.4 Å². The molecule has 2 aromatic carbocycles. The van der Waals surface area contributed by atoms with Gasteiger partial charge in [-0.15, -0.1) is 0 Å². The maximum absolute atomic E-state index is 15.6. The van der Waals surface area contributed by atoms with Crippen molar-refractivity contribution in [1.82, 2.24) is 9.62 Å². The Hall–Kier alpha value is -2.59. The molecule has 4 rings (SSSR count). The summed E-state index contributed by atoms with van der Waals surface area (Å²) >= 11 is 0. The van der Waals surface area contributed by atoms with Crippen LogP contribution in [0.5, 0.6) is 0 Å². The Labute approximate surface area is 203 Å². The molecule has 2 atom stereocenters. The summed E-state index contributed by atoms with van der Waals surface area (Å²) in [7, 11) is -3.56. The van der Waals surface area contributed by atoms with Gasteiger partial charge in [0.05, 0.1) is 11.3 Å². The molecule has 0 radical (unpaired) electrons. The van der Waals surface area contributed by atoms with Crippen LogP contribution in [0.4, 0.5) is 18.0 Å². The van der Waals surface area contributed by atoms with Crippen LogP contribution < -0.4 is 4.72 Å². The molecule has 1 aliphatic carbocycles. The molecule has 2 fully saturated rings. The molecule has 10 heteroatoms. The summed E-state index contributed by atoms with van der Waals surface area (Å²) in [4.78, 5) is 14.3. The van der Waals surface area contributed by atoms with Crippen LogP contribution in [-0.2, 0) is 21.2 Å². The number of hydrogen-bond donors (Lipinski definition) is 1. The third kappa shape index (κ3) is 5.98. The minimum atomic E-state index is -3.56. The monoisotopic (exact) mass is 510 g/mol. The molecule has 190 valence electrons. The third-order valence-corrected chi connectivity index (χ3v) is 8.11. The largest absolute Gasteiger partial charge is 0.444 e. The Balaban J connectivity index is 1.66. The number of nitrogens with zero attached hydrogens (tertiary/aromatic N) is 1. The lowest BCUT2D eigenvalue weighted by Crippen LogP contribution is -2.49. The number of carbonyl (C=O) groups is 1. The van der Waals surface area contributed by atoms with Crippen molar-refractivity contribution in [3.63, 3.8) is 0 Å². The van der Waals surface area contributed by atoms with E-state index in [9.17, 15) is 22.0 Å². The molecule has 1 N–H and O–H groups in total. The van der Waals surface area contributed by atoms with Gasteiger partial charge in [-0.2, -0.15) is 0 Å². The van der Waals surface area contributed by atoms with Crippen LogP contribution in [0.3, 0.4) is 0 Å². The van der Waals surface area contributed by atoms with E-state index in [1.165, 1.54) is 17.0 Å². The second-order valence-corrected chi connectivity index (χ2v) is 12.1. The number of halogens is 3. The molecule has 1 amide bonds. The molecule has 0 bridgehead atoms. The lowest BCUT2D eigenvalue weighted by molar-refractivity contribution is 0.0218. The van der Waals surface area contributed by atoms with Gasteiger partial charge in [0, 0.05) is 24.2 Å². The van der Waals surface area contributed by atoms with Crippen LogP contribution in [0.1, 0.15) is 45.6 Å². The minimum absolute atomic E-state index is 0.00539. The normalized spacial score (nSPS) is 20.8. The minimum Gasteiger partial charge on any atom is -0.444 e. The van der Waals surface area contributed by atoms with Crippen molar-refractivity contribution in [1.29, 1.82) is 0 Å². The summed E-state index contributed by atoms with van der Waals surface area (Å²) < 4.78 is 76.5. The highest BCUT2D eigenvalue weighted by molar-refractivity contribution is 7.90. The van der Waals surface area contributed by atoms with Gasteiger partial charge in [-0.1, -0.05) is 18.2 Å². The number of hydrogen-bond acceptors (Lipinski definition) is 4. The molecule has 0 unspecified atom stereocenters. The van der Waals surface area contributed by atoms with Gasteiger partial charge in [0.25, 0.3) is 0 Å². The summed E-state index contributed by atoms with van der Waals surface area (Å²) in [5, 5.41) is -0.443. The topological polar surface area (TPSA) is 75.7 Å². The van der Waals surface area contributed by atoms with E-state index in [0.717, 1.165) is 12.1 Å². The maximum Gasteiger partial charge on any atom is 0.410 e. The Morgan fingerprint density at radius 3 is 2.34 bits per heavy atom. The fraction of sp³-hybridized carbons (Fsp3) is 0.480. The molecule has 2 aliphatic rings. The predicted molar refractivity (Wildman–Crippen MR) is 126 cm³/mol. The summed E-state index contributed by atoms with van der Waals surface area (Å²) in [5.41, 5.74) is -0.510. The number of benzene rings is 2. The zero-order chi connectivity index (χ0) is 25.5. The number of nitrogens with one attached hydrogen (secondary N) is 1. The third-order valence-electron chi connectivity index (χ3n) is 6.13. The zero-order valence-electron chi connectivity index (χ0n) is 19.9. The first-order valence-corrected chi connectivity index (χ1v) is 13.1. The van der Waals surface area contributed by atoms with Gasteiger partial charge < -0.3 is 9.64 Å². The number of amides is 1. The van der Waals surface area contributed by atoms with Crippen molar-refractivity contribution in [2.24, 2.45) is 0 Å². The van der Waals surface area contributed by atoms with Crippen molar-refractivity contribution in [2.75, 3.05) is 6.54 Å². The molecule has 0 aromatic heterocycles. The van der Waals surface area contributed by atoms with Crippen LogP contribution >= 0.6 is 0 Å². The van der Waals surface area contributed by atoms with E-state index in [-0.39, 0.29) is 29.7 Å². The van der Waals surface area contributed by atoms with E-state index in [0.29, 0.717) is 25.3 Å². The Morgan fingerprint density at radius 2 is 1.74 bits per heavy atom. The van der Waals surface area contributed by atoms with Gasteiger partial charge in [0.15, 0.2) is 0 Å². The lowest BCUT2D eigenvalue weighted by Gasteiger charge is -2.31. The van der Waals surface area contributed by atoms with E-state index in [1.54, 1.807) is 26.8 Å². The highest BCUT2D eigenvalue weighted by Gasteiger charge is 2.44. The van der Waals surface area contributed by atoms with Crippen LogP contribution in [0, 0.1) is 17.5 Å². The van der Waals surface area contributed by atoms with Crippen LogP contribution in [0.15, 0.2) is 36.4 Å². The van der Waals surface area contributed by atoms with Crippen molar-refractivity contribution in [3.8, 4) is 11.1 Å². The quantitative estimate of drug-likeness (QED) is 0.607. The lowest BCUT2D eigenvalue weighted by atomic mass is 9.96. The summed E-state index contributed by atoms with van der Waals surface area (Å²) in [6.45, 7) is 5.42. The van der Waals surface area contributed by atoms with Gasteiger partial charge in [0.2, 0.25) is 10.0 Å². The fourth-order valence-corrected chi connectivity index (χ4v) is 6.02. The molecular formula is C25H29F3N2O4S. The highest BCUT2D eigenvalue weighted by atomic mass is 32.2. The Kier molecular flexibility index (Phi) is 6.89. The van der Waals surface area contributed by atoms with Crippen LogP contribution in [-0.4, -0.2) is 48.9 Å². The van der Waals surface area contributed by atoms with Gasteiger partial charge in [-0.05, 0) is 69.7 Å². The Bertz CT molecular complexity index is 1210.